The first-order valence-electron chi connectivity index (χ1n) is 9.07. The first kappa shape index (κ1) is 21.1. The molecule has 1 saturated heterocycles. The SMILES string of the molecule is O=C1C(=O)N(CCOCCO)[C@@H](c2cccnc2)/C1=C(\O)c1cccc([N+](=O)[O-])c1. The van der Waals surface area contributed by atoms with Gasteiger partial charge in [0.15, 0.2) is 0 Å². The number of aromatic nitrogens is 1. The van der Waals surface area contributed by atoms with Gasteiger partial charge in [-0.15, -0.1) is 0 Å². The van der Waals surface area contributed by atoms with Crippen LogP contribution in [0.5, 0.6) is 0 Å². The number of ether oxygens (including phenoxy) is 1. The van der Waals surface area contributed by atoms with Gasteiger partial charge in [-0.2, -0.15) is 0 Å². The smallest absolute Gasteiger partial charge is 0.295 e. The molecule has 0 saturated carbocycles. The third-order valence-corrected chi connectivity index (χ3v) is 4.58. The minimum atomic E-state index is -0.935. The third-order valence-electron chi connectivity index (χ3n) is 4.58. The molecule has 2 heterocycles. The number of hydrogen-bond acceptors (Lipinski definition) is 8. The number of likely N-dealkylation sites (tertiary alicyclic amines) is 1. The fraction of sp³-hybridized carbons (Fsp3) is 0.250. The van der Waals surface area contributed by atoms with Gasteiger partial charge in [0.25, 0.3) is 17.4 Å². The highest BCUT2D eigenvalue weighted by Crippen LogP contribution is 2.39. The van der Waals surface area contributed by atoms with Gasteiger partial charge in [-0.25, -0.2) is 0 Å². The molecule has 156 valence electrons. The molecule has 1 aliphatic heterocycles. The summed E-state index contributed by atoms with van der Waals surface area (Å²) in [4.78, 5) is 41.2. The maximum atomic E-state index is 12.8. The van der Waals surface area contributed by atoms with Crippen LogP contribution in [-0.2, 0) is 14.3 Å². The van der Waals surface area contributed by atoms with Crippen LogP contribution in [-0.4, -0.2) is 63.1 Å². The highest BCUT2D eigenvalue weighted by molar-refractivity contribution is 6.46. The molecular formula is C20H19N3O7. The summed E-state index contributed by atoms with van der Waals surface area (Å²) in [5.74, 6) is -2.25. The van der Waals surface area contributed by atoms with Crippen LogP contribution >= 0.6 is 0 Å². The van der Waals surface area contributed by atoms with E-state index in [2.05, 4.69) is 4.98 Å². The van der Waals surface area contributed by atoms with Crippen LogP contribution in [0.3, 0.4) is 0 Å². The molecular weight excluding hydrogens is 394 g/mol. The summed E-state index contributed by atoms with van der Waals surface area (Å²) in [5, 5.41) is 30.7. The largest absolute Gasteiger partial charge is 0.507 e. The number of non-ortho nitro benzene ring substituents is 1. The number of hydrogen-bond donors (Lipinski definition) is 2. The van der Waals surface area contributed by atoms with E-state index in [1.54, 1.807) is 12.1 Å². The first-order chi connectivity index (χ1) is 14.5. The van der Waals surface area contributed by atoms with E-state index in [-0.39, 0.29) is 43.2 Å². The van der Waals surface area contributed by atoms with Gasteiger partial charge < -0.3 is 19.8 Å². The lowest BCUT2D eigenvalue weighted by Gasteiger charge is -2.24. The lowest BCUT2D eigenvalue weighted by molar-refractivity contribution is -0.384. The second-order valence-electron chi connectivity index (χ2n) is 6.42. The number of aliphatic hydroxyl groups is 2. The molecule has 1 aromatic heterocycles. The molecule has 30 heavy (non-hydrogen) atoms. The number of carbonyl (C=O) groups is 2. The summed E-state index contributed by atoms with van der Waals surface area (Å²) in [7, 11) is 0. The first-order valence-corrected chi connectivity index (χ1v) is 9.07. The third kappa shape index (κ3) is 4.19. The van der Waals surface area contributed by atoms with Gasteiger partial charge in [0.1, 0.15) is 5.76 Å². The van der Waals surface area contributed by atoms with E-state index < -0.39 is 28.4 Å². The average Bonchev–Trinajstić information content (AvgIpc) is 3.01. The molecule has 10 heteroatoms. The van der Waals surface area contributed by atoms with Crippen molar-refractivity contribution in [3.05, 3.63) is 75.6 Å². The van der Waals surface area contributed by atoms with Crippen LogP contribution in [0.4, 0.5) is 5.69 Å². The predicted molar refractivity (Wildman–Crippen MR) is 104 cm³/mol. The van der Waals surface area contributed by atoms with Crippen molar-refractivity contribution in [1.82, 2.24) is 9.88 Å². The quantitative estimate of drug-likeness (QED) is 0.165. The van der Waals surface area contributed by atoms with Crippen molar-refractivity contribution in [2.75, 3.05) is 26.4 Å². The van der Waals surface area contributed by atoms with Crippen molar-refractivity contribution in [2.24, 2.45) is 0 Å². The molecule has 0 unspecified atom stereocenters. The van der Waals surface area contributed by atoms with Crippen LogP contribution in [0.15, 0.2) is 54.4 Å². The Kier molecular flexibility index (Phi) is 6.50. The lowest BCUT2D eigenvalue weighted by atomic mass is 9.96. The van der Waals surface area contributed by atoms with Gasteiger partial charge in [-0.1, -0.05) is 18.2 Å². The molecule has 1 atom stereocenters. The standard InChI is InChI=1S/C20H19N3O7/c24-8-10-30-9-7-22-17(14-4-2-6-21-12-14)16(19(26)20(22)27)18(25)13-3-1-5-15(11-13)23(28)29/h1-6,11-12,17,24-25H,7-10H2/b18-16+/t17-/m0/s1. The molecule has 10 nitrogen and oxygen atoms in total. The molecule has 2 aromatic rings. The number of Topliss-reactive ketones (excluding diaryl/α,β-unsaturated/α-hetero) is 1. The van der Waals surface area contributed by atoms with E-state index in [4.69, 9.17) is 9.84 Å². The van der Waals surface area contributed by atoms with Crippen molar-refractivity contribution >= 4 is 23.1 Å². The normalized spacial score (nSPS) is 18.0. The second-order valence-corrected chi connectivity index (χ2v) is 6.42. The Morgan fingerprint density at radius 2 is 2.03 bits per heavy atom. The number of carbonyl (C=O) groups excluding carboxylic acids is 2. The summed E-state index contributed by atoms with van der Waals surface area (Å²) in [6.07, 6.45) is 3.00. The number of nitro groups is 1. The van der Waals surface area contributed by atoms with Crippen molar-refractivity contribution in [3.63, 3.8) is 0 Å². The summed E-state index contributed by atoms with van der Waals surface area (Å²) < 4.78 is 5.21. The van der Waals surface area contributed by atoms with E-state index in [1.807, 2.05) is 0 Å². The number of nitro benzene ring substituents is 1. The van der Waals surface area contributed by atoms with Crippen LogP contribution in [0.1, 0.15) is 17.2 Å². The van der Waals surface area contributed by atoms with Gasteiger partial charge in [-0.05, 0) is 11.6 Å². The fourth-order valence-corrected chi connectivity index (χ4v) is 3.25. The average molecular weight is 413 g/mol. The van der Waals surface area contributed by atoms with Gasteiger partial charge in [0.2, 0.25) is 0 Å². The molecule has 2 N–H and O–H groups in total. The van der Waals surface area contributed by atoms with E-state index in [0.29, 0.717) is 5.56 Å². The summed E-state index contributed by atoms with van der Waals surface area (Å²) in [6.45, 7) is 0.00382. The maximum absolute atomic E-state index is 12.8. The molecule has 1 fully saturated rings. The summed E-state index contributed by atoms with van der Waals surface area (Å²) in [5.41, 5.74) is 0.0951. The zero-order valence-corrected chi connectivity index (χ0v) is 15.8. The highest BCUT2D eigenvalue weighted by atomic mass is 16.6. The molecule has 0 bridgehead atoms. The Morgan fingerprint density at radius 1 is 1.23 bits per heavy atom. The molecule has 0 aliphatic carbocycles. The number of nitrogens with zero attached hydrogens (tertiary/aromatic N) is 3. The van der Waals surface area contributed by atoms with Crippen molar-refractivity contribution in [1.29, 1.82) is 0 Å². The number of ketones is 1. The number of amides is 1. The minimum absolute atomic E-state index is 0.0376. The molecule has 1 aliphatic rings. The molecule has 3 rings (SSSR count). The van der Waals surface area contributed by atoms with E-state index in [9.17, 15) is 24.8 Å². The highest BCUT2D eigenvalue weighted by Gasteiger charge is 2.46. The summed E-state index contributed by atoms with van der Waals surface area (Å²) in [6, 6.07) is 7.54. The predicted octanol–water partition coefficient (Wildman–Crippen LogP) is 1.42. The molecule has 0 radical (unpaired) electrons. The van der Waals surface area contributed by atoms with Gasteiger partial charge in [0.05, 0.1) is 36.4 Å². The maximum Gasteiger partial charge on any atom is 0.295 e. The van der Waals surface area contributed by atoms with Crippen LogP contribution in [0, 0.1) is 10.1 Å². The van der Waals surface area contributed by atoms with Crippen molar-refractivity contribution in [2.45, 2.75) is 6.04 Å². The number of rotatable bonds is 8. The monoisotopic (exact) mass is 413 g/mol. The topological polar surface area (TPSA) is 143 Å². The fourth-order valence-electron chi connectivity index (χ4n) is 3.25. The van der Waals surface area contributed by atoms with Crippen LogP contribution < -0.4 is 0 Å². The van der Waals surface area contributed by atoms with E-state index in [1.165, 1.54) is 35.5 Å². The molecule has 0 spiro atoms. The Labute approximate surface area is 171 Å². The lowest BCUT2D eigenvalue weighted by Crippen LogP contribution is -2.33. The van der Waals surface area contributed by atoms with E-state index >= 15 is 0 Å². The minimum Gasteiger partial charge on any atom is -0.507 e. The Bertz CT molecular complexity index is 991. The van der Waals surface area contributed by atoms with Crippen molar-refractivity contribution in [3.8, 4) is 0 Å². The molecule has 1 aromatic carbocycles. The zero-order chi connectivity index (χ0) is 21.7. The van der Waals surface area contributed by atoms with Crippen molar-refractivity contribution < 1.29 is 29.5 Å². The second kappa shape index (κ2) is 9.25. The van der Waals surface area contributed by atoms with E-state index in [0.717, 1.165) is 6.07 Å². The zero-order valence-electron chi connectivity index (χ0n) is 15.8. The van der Waals surface area contributed by atoms with Crippen LogP contribution in [0.25, 0.3) is 5.76 Å². The Morgan fingerprint density at radius 3 is 2.70 bits per heavy atom. The van der Waals surface area contributed by atoms with Gasteiger partial charge in [-0.3, -0.25) is 24.7 Å². The van der Waals surface area contributed by atoms with Gasteiger partial charge >= 0.3 is 0 Å². The molecule has 1 amide bonds. The van der Waals surface area contributed by atoms with Gasteiger partial charge in [0, 0.05) is 36.6 Å². The summed E-state index contributed by atoms with van der Waals surface area (Å²) >= 11 is 0. The number of aliphatic hydroxyl groups excluding tert-OH is 2. The Balaban J connectivity index is 2.07. The van der Waals surface area contributed by atoms with Crippen LogP contribution in [0.2, 0.25) is 0 Å². The number of benzene rings is 1. The Hall–Kier alpha value is -3.63. The number of pyridine rings is 1.